The molecule has 6 heteroatoms. The molecular formula is C10H21N5O. The molecule has 2 saturated heterocycles. The smallest absolute Gasteiger partial charge is 0.344 e. The number of piperazine rings is 1. The molecule has 2 rings (SSSR count). The van der Waals surface area contributed by atoms with E-state index in [1.807, 2.05) is 5.01 Å². The maximum Gasteiger partial charge on any atom is 0.344 e. The van der Waals surface area contributed by atoms with E-state index in [-0.39, 0.29) is 6.03 Å². The average Bonchev–Trinajstić information content (AvgIpc) is 2.31. The van der Waals surface area contributed by atoms with Crippen LogP contribution in [0.2, 0.25) is 0 Å². The highest BCUT2D eigenvalue weighted by Crippen LogP contribution is 2.14. The standard InChI is InChI=1S/C10H21N5O/c11-10(16)15(13-6-2-1-3-7-13)14-8-4-12-5-9-14/h12H,1-9H2,(H2,11,16). The lowest BCUT2D eigenvalue weighted by molar-refractivity contribution is -0.151. The number of amides is 2. The van der Waals surface area contributed by atoms with Crippen LogP contribution < -0.4 is 11.1 Å². The minimum atomic E-state index is -0.358. The zero-order valence-electron chi connectivity index (χ0n) is 9.69. The highest BCUT2D eigenvalue weighted by atomic mass is 16.2. The molecule has 2 heterocycles. The van der Waals surface area contributed by atoms with Crippen LogP contribution in [0, 0.1) is 0 Å². The van der Waals surface area contributed by atoms with Gasteiger partial charge in [-0.1, -0.05) is 6.42 Å². The van der Waals surface area contributed by atoms with Crippen molar-refractivity contribution in [2.75, 3.05) is 39.3 Å². The first-order valence-electron chi connectivity index (χ1n) is 6.09. The Hall–Kier alpha value is -0.850. The largest absolute Gasteiger partial charge is 0.349 e. The molecule has 0 saturated carbocycles. The van der Waals surface area contributed by atoms with Crippen LogP contribution in [0.4, 0.5) is 4.79 Å². The number of rotatable bonds is 2. The average molecular weight is 227 g/mol. The summed E-state index contributed by atoms with van der Waals surface area (Å²) in [6.07, 6.45) is 3.55. The summed E-state index contributed by atoms with van der Waals surface area (Å²) in [5.74, 6) is 0. The number of nitrogens with two attached hydrogens (primary N) is 1. The molecule has 2 fully saturated rings. The Labute approximate surface area is 96.3 Å². The number of primary amides is 1. The number of hydrogen-bond acceptors (Lipinski definition) is 4. The number of nitrogens with one attached hydrogen (secondary N) is 1. The van der Waals surface area contributed by atoms with Crippen LogP contribution in [-0.4, -0.2) is 60.4 Å². The van der Waals surface area contributed by atoms with E-state index in [4.69, 9.17) is 5.73 Å². The van der Waals surface area contributed by atoms with Crippen molar-refractivity contribution >= 4 is 6.03 Å². The predicted octanol–water partition coefficient (Wildman–Crippen LogP) is -0.412. The molecule has 0 bridgehead atoms. The van der Waals surface area contributed by atoms with Gasteiger partial charge < -0.3 is 11.1 Å². The Morgan fingerprint density at radius 1 is 1.00 bits per heavy atom. The van der Waals surface area contributed by atoms with Gasteiger partial charge in [-0.3, -0.25) is 0 Å². The molecule has 0 aromatic carbocycles. The van der Waals surface area contributed by atoms with Gasteiger partial charge in [-0.05, 0) is 12.8 Å². The van der Waals surface area contributed by atoms with Crippen molar-refractivity contribution in [2.24, 2.45) is 5.73 Å². The van der Waals surface area contributed by atoms with Crippen molar-refractivity contribution < 1.29 is 4.79 Å². The minimum Gasteiger partial charge on any atom is -0.349 e. The first-order valence-corrected chi connectivity index (χ1v) is 6.09. The van der Waals surface area contributed by atoms with E-state index in [2.05, 4.69) is 10.3 Å². The molecule has 92 valence electrons. The normalized spacial score (nSPS) is 24.2. The predicted molar refractivity (Wildman–Crippen MR) is 61.3 cm³/mol. The first kappa shape index (κ1) is 11.6. The van der Waals surface area contributed by atoms with Gasteiger partial charge in [0.15, 0.2) is 0 Å². The van der Waals surface area contributed by atoms with Crippen molar-refractivity contribution in [2.45, 2.75) is 19.3 Å². The molecular weight excluding hydrogens is 206 g/mol. The summed E-state index contributed by atoms with van der Waals surface area (Å²) < 4.78 is 0. The Balaban J connectivity index is 1.99. The van der Waals surface area contributed by atoms with Crippen molar-refractivity contribution in [1.29, 1.82) is 0 Å². The Bertz CT molecular complexity index is 217. The maximum atomic E-state index is 11.5. The van der Waals surface area contributed by atoms with Gasteiger partial charge in [0.2, 0.25) is 0 Å². The number of piperidine rings is 1. The maximum absolute atomic E-state index is 11.5. The quantitative estimate of drug-likeness (QED) is 0.673. The van der Waals surface area contributed by atoms with E-state index in [1.54, 1.807) is 5.12 Å². The number of hydrogen-bond donors (Lipinski definition) is 2. The van der Waals surface area contributed by atoms with Crippen LogP contribution in [-0.2, 0) is 0 Å². The van der Waals surface area contributed by atoms with E-state index in [0.717, 1.165) is 52.1 Å². The lowest BCUT2D eigenvalue weighted by atomic mass is 10.2. The van der Waals surface area contributed by atoms with Crippen LogP contribution in [0.15, 0.2) is 0 Å². The van der Waals surface area contributed by atoms with Crippen LogP contribution >= 0.6 is 0 Å². The molecule has 0 atom stereocenters. The summed E-state index contributed by atoms with van der Waals surface area (Å²) in [5.41, 5.74) is 5.48. The molecule has 0 aromatic rings. The lowest BCUT2D eigenvalue weighted by Crippen LogP contribution is -2.63. The fourth-order valence-corrected chi connectivity index (χ4v) is 2.37. The van der Waals surface area contributed by atoms with Gasteiger partial charge in [-0.15, -0.1) is 0 Å². The van der Waals surface area contributed by atoms with Gasteiger partial charge in [0.1, 0.15) is 0 Å². The molecule has 0 aromatic heterocycles. The van der Waals surface area contributed by atoms with Gasteiger partial charge >= 0.3 is 6.03 Å². The van der Waals surface area contributed by atoms with Gasteiger partial charge in [-0.2, -0.15) is 10.1 Å². The second kappa shape index (κ2) is 5.47. The summed E-state index contributed by atoms with van der Waals surface area (Å²) in [7, 11) is 0. The highest BCUT2D eigenvalue weighted by molar-refractivity contribution is 5.70. The number of urea groups is 1. The topological polar surface area (TPSA) is 64.8 Å². The number of nitrogens with zero attached hydrogens (tertiary/aromatic N) is 3. The number of carbonyl (C=O) groups is 1. The van der Waals surface area contributed by atoms with Gasteiger partial charge in [-0.25, -0.2) is 9.80 Å². The summed E-state index contributed by atoms with van der Waals surface area (Å²) in [6, 6.07) is -0.358. The minimum absolute atomic E-state index is 0.358. The second-order valence-electron chi connectivity index (χ2n) is 4.35. The van der Waals surface area contributed by atoms with Crippen molar-refractivity contribution in [3.05, 3.63) is 0 Å². The molecule has 0 unspecified atom stereocenters. The highest BCUT2D eigenvalue weighted by Gasteiger charge is 2.27. The summed E-state index contributed by atoms with van der Waals surface area (Å²) in [4.78, 5) is 11.5. The fraction of sp³-hybridized carbons (Fsp3) is 0.900. The third-order valence-corrected chi connectivity index (χ3v) is 3.16. The number of carbonyl (C=O) groups excluding carboxylic acids is 1. The van der Waals surface area contributed by atoms with E-state index in [9.17, 15) is 4.79 Å². The van der Waals surface area contributed by atoms with Gasteiger partial charge in [0.05, 0.1) is 0 Å². The van der Waals surface area contributed by atoms with Crippen molar-refractivity contribution in [3.8, 4) is 0 Å². The second-order valence-corrected chi connectivity index (χ2v) is 4.35. The van der Waals surface area contributed by atoms with Crippen LogP contribution in [0.5, 0.6) is 0 Å². The number of hydrazine groups is 2. The Morgan fingerprint density at radius 3 is 2.12 bits per heavy atom. The molecule has 0 radical (unpaired) electrons. The van der Waals surface area contributed by atoms with E-state index in [1.165, 1.54) is 6.42 Å². The van der Waals surface area contributed by atoms with Crippen LogP contribution in [0.1, 0.15) is 19.3 Å². The lowest BCUT2D eigenvalue weighted by Gasteiger charge is -2.43. The van der Waals surface area contributed by atoms with E-state index < -0.39 is 0 Å². The molecule has 3 N–H and O–H groups in total. The zero-order chi connectivity index (χ0) is 11.4. The third kappa shape index (κ3) is 2.63. The van der Waals surface area contributed by atoms with Gasteiger partial charge in [0.25, 0.3) is 0 Å². The van der Waals surface area contributed by atoms with E-state index >= 15 is 0 Å². The summed E-state index contributed by atoms with van der Waals surface area (Å²) >= 11 is 0. The SMILES string of the molecule is NC(=O)N(N1CCCCC1)N1CCNCC1. The molecule has 2 aliphatic rings. The van der Waals surface area contributed by atoms with Crippen molar-refractivity contribution in [1.82, 2.24) is 20.5 Å². The summed E-state index contributed by atoms with van der Waals surface area (Å²) in [6.45, 7) is 5.40. The molecule has 0 aliphatic carbocycles. The molecule has 6 nitrogen and oxygen atoms in total. The Kier molecular flexibility index (Phi) is 3.98. The first-order chi connectivity index (χ1) is 7.79. The van der Waals surface area contributed by atoms with Crippen LogP contribution in [0.25, 0.3) is 0 Å². The van der Waals surface area contributed by atoms with E-state index in [0.29, 0.717) is 0 Å². The molecule has 2 aliphatic heterocycles. The van der Waals surface area contributed by atoms with Crippen LogP contribution in [0.3, 0.4) is 0 Å². The Morgan fingerprint density at radius 2 is 1.56 bits per heavy atom. The fourth-order valence-electron chi connectivity index (χ4n) is 2.37. The monoisotopic (exact) mass is 227 g/mol. The molecule has 16 heavy (non-hydrogen) atoms. The summed E-state index contributed by atoms with van der Waals surface area (Å²) in [5, 5.41) is 9.05. The van der Waals surface area contributed by atoms with Gasteiger partial charge in [0, 0.05) is 39.3 Å². The van der Waals surface area contributed by atoms with Crippen molar-refractivity contribution in [3.63, 3.8) is 0 Å². The zero-order valence-corrected chi connectivity index (χ0v) is 9.69. The molecule has 0 spiro atoms. The molecule has 2 amide bonds. The third-order valence-electron chi connectivity index (χ3n) is 3.16.